The van der Waals surface area contributed by atoms with E-state index in [1.165, 1.54) is 4.90 Å². The third-order valence-electron chi connectivity index (χ3n) is 3.04. The Kier molecular flexibility index (Phi) is 3.98. The average molecular weight is 257 g/mol. The minimum absolute atomic E-state index is 0.161. The molecule has 1 aromatic carbocycles. The van der Waals surface area contributed by atoms with Gasteiger partial charge in [-0.15, -0.1) is 0 Å². The SMILES string of the molecule is Cc1ccc(C#CCO)cc1N1C(=O)CCCC1=O. The summed E-state index contributed by atoms with van der Waals surface area (Å²) in [5.41, 5.74) is 2.14. The second-order valence-corrected chi connectivity index (χ2v) is 4.44. The molecular weight excluding hydrogens is 242 g/mol. The summed E-state index contributed by atoms with van der Waals surface area (Å²) in [6, 6.07) is 5.35. The van der Waals surface area contributed by atoms with E-state index in [1.54, 1.807) is 12.1 Å². The van der Waals surface area contributed by atoms with Crippen LogP contribution in [0.2, 0.25) is 0 Å². The highest BCUT2D eigenvalue weighted by Crippen LogP contribution is 2.26. The van der Waals surface area contributed by atoms with Gasteiger partial charge in [-0.05, 0) is 31.0 Å². The van der Waals surface area contributed by atoms with Gasteiger partial charge in [0.15, 0.2) is 0 Å². The van der Waals surface area contributed by atoms with Gasteiger partial charge in [-0.25, -0.2) is 0 Å². The number of hydrogen-bond donors (Lipinski definition) is 1. The lowest BCUT2D eigenvalue weighted by atomic mass is 10.0. The van der Waals surface area contributed by atoms with Crippen molar-refractivity contribution in [1.29, 1.82) is 0 Å². The van der Waals surface area contributed by atoms with E-state index < -0.39 is 0 Å². The van der Waals surface area contributed by atoms with Crippen molar-refractivity contribution in [3.05, 3.63) is 29.3 Å². The number of benzene rings is 1. The monoisotopic (exact) mass is 257 g/mol. The number of rotatable bonds is 1. The number of carbonyl (C=O) groups excluding carboxylic acids is 2. The average Bonchev–Trinajstić information content (AvgIpc) is 2.39. The van der Waals surface area contributed by atoms with Crippen molar-refractivity contribution in [2.24, 2.45) is 0 Å². The molecule has 1 aliphatic heterocycles. The predicted octanol–water partition coefficient (Wildman–Crippen LogP) is 1.38. The Morgan fingerprint density at radius 1 is 1.26 bits per heavy atom. The molecule has 1 N–H and O–H groups in total. The van der Waals surface area contributed by atoms with E-state index in [9.17, 15) is 9.59 Å². The van der Waals surface area contributed by atoms with Crippen LogP contribution in [0.5, 0.6) is 0 Å². The van der Waals surface area contributed by atoms with Gasteiger partial charge in [-0.1, -0.05) is 17.9 Å². The van der Waals surface area contributed by atoms with Crippen LogP contribution >= 0.6 is 0 Å². The second-order valence-electron chi connectivity index (χ2n) is 4.44. The van der Waals surface area contributed by atoms with Gasteiger partial charge < -0.3 is 5.11 Å². The molecular formula is C15H15NO3. The van der Waals surface area contributed by atoms with Crippen molar-refractivity contribution in [1.82, 2.24) is 0 Å². The summed E-state index contributed by atoms with van der Waals surface area (Å²) in [4.78, 5) is 25.1. The summed E-state index contributed by atoms with van der Waals surface area (Å²) < 4.78 is 0. The first-order chi connectivity index (χ1) is 9.13. The lowest BCUT2D eigenvalue weighted by Crippen LogP contribution is -2.40. The maximum atomic E-state index is 11.9. The fourth-order valence-electron chi connectivity index (χ4n) is 2.09. The molecule has 0 bridgehead atoms. The fourth-order valence-corrected chi connectivity index (χ4v) is 2.09. The second kappa shape index (κ2) is 5.68. The zero-order valence-corrected chi connectivity index (χ0v) is 10.8. The van der Waals surface area contributed by atoms with Crippen LogP contribution in [0.3, 0.4) is 0 Å². The lowest BCUT2D eigenvalue weighted by molar-refractivity contribution is -0.129. The van der Waals surface area contributed by atoms with E-state index in [-0.39, 0.29) is 18.4 Å². The van der Waals surface area contributed by atoms with Gasteiger partial charge >= 0.3 is 0 Å². The predicted molar refractivity (Wildman–Crippen MR) is 71.5 cm³/mol. The van der Waals surface area contributed by atoms with Crippen molar-refractivity contribution in [2.45, 2.75) is 26.2 Å². The normalized spacial score (nSPS) is 15.2. The molecule has 1 saturated heterocycles. The number of imide groups is 1. The van der Waals surface area contributed by atoms with E-state index >= 15 is 0 Å². The van der Waals surface area contributed by atoms with E-state index in [0.717, 1.165) is 5.56 Å². The highest BCUT2D eigenvalue weighted by atomic mass is 16.2. The summed E-state index contributed by atoms with van der Waals surface area (Å²) in [5, 5.41) is 8.69. The molecule has 19 heavy (non-hydrogen) atoms. The number of aliphatic hydroxyl groups excluding tert-OH is 1. The molecule has 1 fully saturated rings. The zero-order valence-electron chi connectivity index (χ0n) is 10.8. The van der Waals surface area contributed by atoms with Crippen LogP contribution < -0.4 is 4.90 Å². The van der Waals surface area contributed by atoms with E-state index in [1.807, 2.05) is 13.0 Å². The Balaban J connectivity index is 2.42. The molecule has 0 aromatic heterocycles. The molecule has 4 heteroatoms. The number of aliphatic hydroxyl groups is 1. The maximum Gasteiger partial charge on any atom is 0.233 e. The molecule has 1 aliphatic rings. The van der Waals surface area contributed by atoms with Gasteiger partial charge in [0.05, 0.1) is 5.69 Å². The van der Waals surface area contributed by atoms with Gasteiger partial charge in [0.25, 0.3) is 0 Å². The molecule has 0 atom stereocenters. The number of amides is 2. The van der Waals surface area contributed by atoms with Crippen LogP contribution in [-0.2, 0) is 9.59 Å². The van der Waals surface area contributed by atoms with Gasteiger partial charge in [0, 0.05) is 18.4 Å². The quantitative estimate of drug-likeness (QED) is 0.611. The highest BCUT2D eigenvalue weighted by molar-refractivity contribution is 6.16. The van der Waals surface area contributed by atoms with Crippen LogP contribution in [0.15, 0.2) is 18.2 Å². The molecule has 2 rings (SSSR count). The Morgan fingerprint density at radius 3 is 2.58 bits per heavy atom. The highest BCUT2D eigenvalue weighted by Gasteiger charge is 2.28. The number of carbonyl (C=O) groups is 2. The molecule has 0 unspecified atom stereocenters. The molecule has 1 heterocycles. The van der Waals surface area contributed by atoms with E-state index in [0.29, 0.717) is 30.5 Å². The fraction of sp³-hybridized carbons (Fsp3) is 0.333. The summed E-state index contributed by atoms with van der Waals surface area (Å²) in [6.45, 7) is 1.64. The van der Waals surface area contributed by atoms with Crippen LogP contribution in [0, 0.1) is 18.8 Å². The molecule has 4 nitrogen and oxygen atoms in total. The first kappa shape index (κ1) is 13.3. The zero-order chi connectivity index (χ0) is 13.8. The number of anilines is 1. The van der Waals surface area contributed by atoms with Crippen LogP contribution in [0.25, 0.3) is 0 Å². The Bertz CT molecular complexity index is 565. The molecule has 0 saturated carbocycles. The Hall–Kier alpha value is -2.12. The van der Waals surface area contributed by atoms with Crippen molar-refractivity contribution in [3.8, 4) is 11.8 Å². The number of aryl methyl sites for hydroxylation is 1. The summed E-state index contributed by atoms with van der Waals surface area (Å²) >= 11 is 0. The molecule has 0 spiro atoms. The third kappa shape index (κ3) is 2.83. The van der Waals surface area contributed by atoms with Crippen molar-refractivity contribution in [3.63, 3.8) is 0 Å². The van der Waals surface area contributed by atoms with Crippen molar-refractivity contribution >= 4 is 17.5 Å². The molecule has 2 amide bonds. The standard InChI is InChI=1S/C15H15NO3/c1-11-7-8-12(4-3-9-17)10-13(11)16-14(18)5-2-6-15(16)19/h7-8,10,17H,2,5-6,9H2,1H3. The molecule has 0 aliphatic carbocycles. The number of nitrogens with zero attached hydrogens (tertiary/aromatic N) is 1. The minimum atomic E-state index is -0.217. The Labute approximate surface area is 112 Å². The minimum Gasteiger partial charge on any atom is -0.384 e. The van der Waals surface area contributed by atoms with E-state index in [4.69, 9.17) is 5.11 Å². The maximum absolute atomic E-state index is 11.9. The van der Waals surface area contributed by atoms with Gasteiger partial charge in [-0.3, -0.25) is 14.5 Å². The molecule has 1 aromatic rings. The first-order valence-corrected chi connectivity index (χ1v) is 6.19. The van der Waals surface area contributed by atoms with Crippen LogP contribution in [-0.4, -0.2) is 23.5 Å². The number of piperidine rings is 1. The van der Waals surface area contributed by atoms with Gasteiger partial charge in [-0.2, -0.15) is 0 Å². The van der Waals surface area contributed by atoms with Gasteiger partial charge in [0.1, 0.15) is 6.61 Å². The molecule has 98 valence electrons. The van der Waals surface area contributed by atoms with E-state index in [2.05, 4.69) is 11.8 Å². The van der Waals surface area contributed by atoms with Crippen LogP contribution in [0.1, 0.15) is 30.4 Å². The topological polar surface area (TPSA) is 57.6 Å². The summed E-state index contributed by atoms with van der Waals surface area (Å²) in [6.07, 6.45) is 1.42. The first-order valence-electron chi connectivity index (χ1n) is 6.19. The smallest absolute Gasteiger partial charge is 0.233 e. The lowest BCUT2D eigenvalue weighted by Gasteiger charge is -2.26. The third-order valence-corrected chi connectivity index (χ3v) is 3.04. The van der Waals surface area contributed by atoms with Crippen molar-refractivity contribution in [2.75, 3.05) is 11.5 Å². The summed E-state index contributed by atoms with van der Waals surface area (Å²) in [5.74, 6) is 5.01. The molecule has 0 radical (unpaired) electrons. The van der Waals surface area contributed by atoms with Gasteiger partial charge in [0.2, 0.25) is 11.8 Å². The summed E-state index contributed by atoms with van der Waals surface area (Å²) in [7, 11) is 0. The number of hydrogen-bond acceptors (Lipinski definition) is 3. The van der Waals surface area contributed by atoms with Crippen molar-refractivity contribution < 1.29 is 14.7 Å². The Morgan fingerprint density at radius 2 is 1.95 bits per heavy atom. The van der Waals surface area contributed by atoms with Crippen LogP contribution in [0.4, 0.5) is 5.69 Å². The largest absolute Gasteiger partial charge is 0.384 e.